The van der Waals surface area contributed by atoms with Gasteiger partial charge in [0, 0.05) is 46.4 Å². The predicted octanol–water partition coefficient (Wildman–Crippen LogP) is 30.7. The van der Waals surface area contributed by atoms with E-state index in [1.807, 2.05) is 42.7 Å². The molecule has 18 aromatic carbocycles. The molecule has 0 saturated carbocycles. The summed E-state index contributed by atoms with van der Waals surface area (Å²) in [5.41, 5.74) is 48.5. The highest BCUT2D eigenvalue weighted by Gasteiger charge is 2.53. The molecule has 0 aliphatic heterocycles. The molecular formula is C124H78N6. The van der Waals surface area contributed by atoms with Crippen molar-refractivity contribution < 1.29 is 0 Å². The Labute approximate surface area is 754 Å². The quantitative estimate of drug-likeness (QED) is 0.121. The van der Waals surface area contributed by atoms with Crippen LogP contribution in [0.2, 0.25) is 0 Å². The Morgan fingerprint density at radius 3 is 0.715 bits per heavy atom. The van der Waals surface area contributed by atoms with Gasteiger partial charge in [-0.1, -0.05) is 400 Å². The molecule has 0 amide bonds. The maximum absolute atomic E-state index is 5.70. The number of hydrogen-bond acceptors (Lipinski definition) is 6. The molecule has 130 heavy (non-hydrogen) atoms. The first-order valence-corrected chi connectivity index (χ1v) is 44.5. The molecule has 22 aromatic rings. The first-order chi connectivity index (χ1) is 64.4. The molecule has 0 bridgehead atoms. The fourth-order valence-electron chi connectivity index (χ4n) is 21.3. The Morgan fingerprint density at radius 1 is 0.146 bits per heavy atom. The summed E-state index contributed by atoms with van der Waals surface area (Å²) in [4.78, 5) is 31.1. The van der Waals surface area contributed by atoms with Crippen LogP contribution in [0.4, 0.5) is 0 Å². The highest BCUT2D eigenvalue weighted by Crippen LogP contribution is 2.66. The van der Waals surface area contributed by atoms with E-state index in [1.54, 1.807) is 6.20 Å². The zero-order valence-corrected chi connectivity index (χ0v) is 70.7. The lowest BCUT2D eigenvalue weighted by Crippen LogP contribution is -2.25. The minimum absolute atomic E-state index is 0.498. The van der Waals surface area contributed by atoms with Crippen LogP contribution in [0.1, 0.15) is 44.5 Å². The van der Waals surface area contributed by atoms with E-state index in [4.69, 9.17) is 19.9 Å². The zero-order valence-electron chi connectivity index (χ0n) is 70.7. The van der Waals surface area contributed by atoms with Gasteiger partial charge in [0.25, 0.3) is 0 Å². The lowest BCUT2D eigenvalue weighted by molar-refractivity contribution is 0.794. The van der Waals surface area contributed by atoms with Crippen molar-refractivity contribution >= 4 is 22.1 Å². The van der Waals surface area contributed by atoms with E-state index in [0.717, 1.165) is 134 Å². The number of aromatic nitrogens is 6. The fraction of sp³-hybridized carbons (Fsp3) is 0.0161. The first-order valence-electron chi connectivity index (χ1n) is 44.5. The molecule has 4 aliphatic rings. The number of nitrogens with zero attached hydrogens (tertiary/aromatic N) is 6. The van der Waals surface area contributed by atoms with Crippen molar-refractivity contribution in [2.75, 3.05) is 0 Å². The number of fused-ring (bicyclic) bond motifs is 22. The van der Waals surface area contributed by atoms with Gasteiger partial charge in [-0.2, -0.15) is 0 Å². The van der Waals surface area contributed by atoms with Gasteiger partial charge in [0.15, 0.2) is 0 Å². The lowest BCUT2D eigenvalue weighted by Gasteiger charge is -2.31. The SMILES string of the molecule is c1ccc(-c2ccc(-c3cc4nc(-c5ccccc5)c(-c5ccc(-c6cccnc6)cc5)nc4cc3-c3ccc(-c4ccccc4)cc3)cc2)cc1.c1ccc(-c2nc3cc(-c4ccc5c(c4)C4(c6ccccc6-c6ccccc64)c4ccccc4-5)c(-c4ccc5c(c4)C4(c6ccccc6-c6ccccc64)c4ccccc4-5)cc3nc2-c2ccc(-c3ccccn3)cc2)cc1. The van der Waals surface area contributed by atoms with E-state index in [-0.39, 0.29) is 0 Å². The molecule has 4 aromatic heterocycles. The zero-order chi connectivity index (χ0) is 85.8. The Balaban J connectivity index is 0.000000153. The van der Waals surface area contributed by atoms with Gasteiger partial charge in [-0.05, 0) is 222 Å². The predicted molar refractivity (Wildman–Crippen MR) is 532 cm³/mol. The second kappa shape index (κ2) is 31.0. The largest absolute Gasteiger partial charge is 0.264 e. The summed E-state index contributed by atoms with van der Waals surface area (Å²) < 4.78 is 0. The van der Waals surface area contributed by atoms with Crippen molar-refractivity contribution in [1.82, 2.24) is 29.9 Å². The lowest BCUT2D eigenvalue weighted by atomic mass is 9.70. The molecule has 26 rings (SSSR count). The fourth-order valence-corrected chi connectivity index (χ4v) is 21.3. The molecule has 4 aliphatic carbocycles. The van der Waals surface area contributed by atoms with Crippen molar-refractivity contribution in [3.8, 4) is 179 Å². The third-order valence-electron chi connectivity index (χ3n) is 27.2. The Morgan fingerprint density at radius 2 is 0.392 bits per heavy atom. The number of hydrogen-bond donors (Lipinski definition) is 0. The van der Waals surface area contributed by atoms with Crippen LogP contribution >= 0.6 is 0 Å². The molecule has 0 fully saturated rings. The van der Waals surface area contributed by atoms with Gasteiger partial charge in [-0.25, -0.2) is 19.9 Å². The second-order valence-corrected chi connectivity index (χ2v) is 34.1. The maximum Gasteiger partial charge on any atom is 0.0973 e. The summed E-state index contributed by atoms with van der Waals surface area (Å²) in [5, 5.41) is 0. The smallest absolute Gasteiger partial charge is 0.0973 e. The van der Waals surface area contributed by atoms with Gasteiger partial charge in [0.05, 0.1) is 61.4 Å². The van der Waals surface area contributed by atoms with Crippen molar-refractivity contribution in [2.24, 2.45) is 0 Å². The van der Waals surface area contributed by atoms with Crippen LogP contribution in [0.25, 0.3) is 201 Å². The highest BCUT2D eigenvalue weighted by atomic mass is 14.8. The Bertz CT molecular complexity index is 8080. The van der Waals surface area contributed by atoms with E-state index in [1.165, 1.54) is 111 Å². The average molecular weight is 1650 g/mol. The van der Waals surface area contributed by atoms with E-state index >= 15 is 0 Å². The Hall–Kier alpha value is -17.1. The monoisotopic (exact) mass is 1650 g/mol. The van der Waals surface area contributed by atoms with E-state index in [2.05, 4.69) is 435 Å². The van der Waals surface area contributed by atoms with Crippen LogP contribution in [0.5, 0.6) is 0 Å². The van der Waals surface area contributed by atoms with Crippen LogP contribution < -0.4 is 0 Å². The van der Waals surface area contributed by atoms with Crippen molar-refractivity contribution in [3.63, 3.8) is 0 Å². The molecule has 6 heteroatoms. The summed E-state index contributed by atoms with van der Waals surface area (Å²) in [7, 11) is 0. The van der Waals surface area contributed by atoms with Gasteiger partial charge in [0.1, 0.15) is 0 Å². The normalized spacial score (nSPS) is 12.7. The summed E-state index contributed by atoms with van der Waals surface area (Å²) in [6.07, 6.45) is 5.53. The second-order valence-electron chi connectivity index (χ2n) is 34.1. The van der Waals surface area contributed by atoms with E-state index in [9.17, 15) is 0 Å². The van der Waals surface area contributed by atoms with Gasteiger partial charge < -0.3 is 0 Å². The number of rotatable bonds is 12. The standard InChI is InChI=1S/C75H45N3.C49H33N3/c1-2-18-47(19-3-1)72-73(48-35-33-46(34-36-48)69-32-16-17-41-76-69)78-71-45-60(50-38-40-58-56-25-9-15-31-66(56)75(68(58)43-50)63-28-12-6-22-53(63)54-23-7-13-29-64(54)75)59(44-70(71)77-72)49-37-39-57-55-24-8-14-30-65(55)74(67(57)42-49)61-26-10-4-20-51(61)52-21-5-11-27-62(52)74;1-4-11-34(12-5-1)36-18-24-39(25-19-36)44-31-46-47(32-45(44)40-26-20-37(21-27-40)35-13-6-2-7-14-35)52-49(48(51-46)41-15-8-3-9-16-41)42-28-22-38(23-29-42)43-17-10-30-50-33-43/h1-45H;1-33H. The minimum Gasteiger partial charge on any atom is -0.264 e. The van der Waals surface area contributed by atoms with Crippen LogP contribution in [0, 0.1) is 0 Å². The van der Waals surface area contributed by atoms with E-state index < -0.39 is 10.8 Å². The molecule has 604 valence electrons. The first kappa shape index (κ1) is 75.5. The topological polar surface area (TPSA) is 77.3 Å². The summed E-state index contributed by atoms with van der Waals surface area (Å²) in [6.45, 7) is 0. The summed E-state index contributed by atoms with van der Waals surface area (Å²) in [5.74, 6) is 0. The molecule has 6 nitrogen and oxygen atoms in total. The van der Waals surface area contributed by atoms with Crippen LogP contribution in [-0.4, -0.2) is 29.9 Å². The van der Waals surface area contributed by atoms with Gasteiger partial charge in [-0.15, -0.1) is 0 Å². The number of benzene rings is 18. The molecule has 0 saturated heterocycles. The van der Waals surface area contributed by atoms with Gasteiger partial charge >= 0.3 is 0 Å². The molecule has 0 radical (unpaired) electrons. The summed E-state index contributed by atoms with van der Waals surface area (Å²) in [6, 6.07) is 165. The minimum atomic E-state index is -0.500. The van der Waals surface area contributed by atoms with Crippen LogP contribution in [-0.2, 0) is 10.8 Å². The van der Waals surface area contributed by atoms with Crippen molar-refractivity contribution in [3.05, 3.63) is 518 Å². The Kier molecular flexibility index (Phi) is 18.0. The van der Waals surface area contributed by atoms with Gasteiger partial charge in [0.2, 0.25) is 0 Å². The van der Waals surface area contributed by atoms with E-state index in [0.29, 0.717) is 0 Å². The third kappa shape index (κ3) is 12.2. The number of pyridine rings is 2. The third-order valence-corrected chi connectivity index (χ3v) is 27.2. The highest BCUT2D eigenvalue weighted by molar-refractivity contribution is 6.04. The van der Waals surface area contributed by atoms with Gasteiger partial charge in [-0.3, -0.25) is 9.97 Å². The van der Waals surface area contributed by atoms with Crippen LogP contribution in [0.15, 0.2) is 474 Å². The molecule has 0 unspecified atom stereocenters. The molecule has 0 N–H and O–H groups in total. The van der Waals surface area contributed by atoms with Crippen molar-refractivity contribution in [1.29, 1.82) is 0 Å². The maximum atomic E-state index is 5.70. The average Bonchev–Trinajstić information content (AvgIpc) is 1.51. The van der Waals surface area contributed by atoms with Crippen molar-refractivity contribution in [2.45, 2.75) is 10.8 Å². The molecular weight excluding hydrogens is 1570 g/mol. The molecule has 4 heterocycles. The molecule has 2 spiro atoms. The summed E-state index contributed by atoms with van der Waals surface area (Å²) >= 11 is 0. The van der Waals surface area contributed by atoms with Crippen LogP contribution in [0.3, 0.4) is 0 Å². The molecule has 0 atom stereocenters.